The summed E-state index contributed by atoms with van der Waals surface area (Å²) < 4.78 is 7.81. The van der Waals surface area contributed by atoms with Crippen LogP contribution in [-0.2, 0) is 37.9 Å². The van der Waals surface area contributed by atoms with E-state index in [9.17, 15) is 0 Å². The molecule has 352 valence electrons. The van der Waals surface area contributed by atoms with Crippen molar-refractivity contribution >= 4 is 57.4 Å². The van der Waals surface area contributed by atoms with E-state index in [1.807, 2.05) is 0 Å². The van der Waals surface area contributed by atoms with Crippen molar-refractivity contribution in [3.63, 3.8) is 0 Å². The van der Waals surface area contributed by atoms with Crippen molar-refractivity contribution in [2.75, 3.05) is 9.80 Å². The Balaban J connectivity index is 1.31. The molecular formula is C63H81BN2O. The van der Waals surface area contributed by atoms with Crippen LogP contribution in [0.4, 0.5) is 34.3 Å². The molecular weight excluding hydrogens is 812 g/mol. The molecule has 11 rings (SSSR count). The van der Waals surface area contributed by atoms with Crippen molar-refractivity contribution in [3.05, 3.63) is 110 Å². The van der Waals surface area contributed by atoms with E-state index in [2.05, 4.69) is 189 Å². The lowest BCUT2D eigenvalue weighted by Gasteiger charge is -2.47. The Morgan fingerprint density at radius 2 is 1.03 bits per heavy atom. The van der Waals surface area contributed by atoms with Gasteiger partial charge in [0, 0.05) is 28.2 Å². The Kier molecular flexibility index (Phi) is 9.46. The lowest BCUT2D eigenvalue weighted by atomic mass is 9.32. The molecule has 3 heterocycles. The zero-order chi connectivity index (χ0) is 48.1. The van der Waals surface area contributed by atoms with Crippen LogP contribution in [0.3, 0.4) is 0 Å². The van der Waals surface area contributed by atoms with Crippen LogP contribution >= 0.6 is 0 Å². The van der Waals surface area contributed by atoms with Crippen molar-refractivity contribution in [2.45, 2.75) is 226 Å². The van der Waals surface area contributed by atoms with Crippen molar-refractivity contribution in [1.29, 1.82) is 0 Å². The second-order valence-corrected chi connectivity index (χ2v) is 27.9. The average Bonchev–Trinajstić information content (AvgIpc) is 3.67. The van der Waals surface area contributed by atoms with Crippen LogP contribution in [0.15, 0.2) is 59.0 Å². The lowest BCUT2D eigenvalue weighted by Crippen LogP contribution is -2.63. The van der Waals surface area contributed by atoms with E-state index >= 15 is 0 Å². The Morgan fingerprint density at radius 1 is 0.522 bits per heavy atom. The van der Waals surface area contributed by atoms with Crippen molar-refractivity contribution in [3.8, 4) is 0 Å². The van der Waals surface area contributed by atoms with E-state index < -0.39 is 0 Å². The minimum atomic E-state index is -0.107. The summed E-state index contributed by atoms with van der Waals surface area (Å²) >= 11 is 0. The van der Waals surface area contributed by atoms with E-state index in [0.29, 0.717) is 11.8 Å². The van der Waals surface area contributed by atoms with Crippen molar-refractivity contribution in [1.82, 2.24) is 0 Å². The molecule has 0 saturated heterocycles. The molecule has 0 radical (unpaired) electrons. The second-order valence-electron chi connectivity index (χ2n) is 27.9. The number of furan rings is 1. The molecule has 0 amide bonds. The lowest BCUT2D eigenvalue weighted by molar-refractivity contribution is 0.280. The van der Waals surface area contributed by atoms with Gasteiger partial charge in [0.15, 0.2) is 5.88 Å². The minimum Gasteiger partial charge on any atom is -0.444 e. The molecule has 2 atom stereocenters. The summed E-state index contributed by atoms with van der Waals surface area (Å²) in [6, 6.07) is 23.4. The molecule has 0 fully saturated rings. The molecule has 0 saturated carbocycles. The van der Waals surface area contributed by atoms with Gasteiger partial charge in [0.25, 0.3) is 6.71 Å². The zero-order valence-electron chi connectivity index (χ0n) is 44.9. The fraction of sp³-hybridized carbons (Fsp3) is 0.556. The summed E-state index contributed by atoms with van der Waals surface area (Å²) in [5.41, 5.74) is 24.2. The normalized spacial score (nSPS) is 24.1. The number of benzene rings is 4. The van der Waals surface area contributed by atoms with E-state index in [0.717, 1.165) is 18.7 Å². The summed E-state index contributed by atoms with van der Waals surface area (Å²) in [5.74, 6) is 3.28. The molecule has 0 spiro atoms. The number of hydrogen-bond donors (Lipinski definition) is 0. The van der Waals surface area contributed by atoms with Gasteiger partial charge in [-0.2, -0.15) is 0 Å². The molecule has 6 aliphatic rings. The first kappa shape index (κ1) is 45.3. The van der Waals surface area contributed by atoms with Crippen LogP contribution in [0.1, 0.15) is 237 Å². The minimum absolute atomic E-state index is 0.0215. The summed E-state index contributed by atoms with van der Waals surface area (Å²) in [4.78, 5) is 5.41. The van der Waals surface area contributed by atoms with Crippen LogP contribution in [0.5, 0.6) is 0 Å². The van der Waals surface area contributed by atoms with Gasteiger partial charge in [-0.15, -0.1) is 0 Å². The van der Waals surface area contributed by atoms with E-state index in [-0.39, 0.29) is 44.6 Å². The molecule has 3 nitrogen and oxygen atoms in total. The molecule has 0 bridgehead atoms. The summed E-state index contributed by atoms with van der Waals surface area (Å²) in [6.45, 7) is 44.3. The van der Waals surface area contributed by atoms with Gasteiger partial charge < -0.3 is 9.32 Å². The van der Waals surface area contributed by atoms with Gasteiger partial charge in [-0.05, 0) is 205 Å². The molecule has 0 N–H and O–H groups in total. The first-order valence-corrected chi connectivity index (χ1v) is 26.5. The maximum absolute atomic E-state index is 7.81. The second kappa shape index (κ2) is 14.0. The summed E-state index contributed by atoms with van der Waals surface area (Å²) in [5, 5.41) is 0. The third kappa shape index (κ3) is 6.48. The maximum Gasteiger partial charge on any atom is 0.256 e. The quantitative estimate of drug-likeness (QED) is 0.161. The molecule has 1 aromatic heterocycles. The van der Waals surface area contributed by atoms with Gasteiger partial charge in [-0.1, -0.05) is 136 Å². The number of rotatable bonds is 2. The molecule has 5 aromatic rings. The van der Waals surface area contributed by atoms with Crippen LogP contribution in [0.25, 0.3) is 0 Å². The third-order valence-electron chi connectivity index (χ3n) is 19.2. The highest BCUT2D eigenvalue weighted by Crippen LogP contribution is 2.57. The number of aryl methyl sites for hydroxylation is 1. The Bertz CT molecular complexity index is 2920. The predicted octanol–water partition coefficient (Wildman–Crippen LogP) is 16.0. The highest BCUT2D eigenvalue weighted by molar-refractivity contribution is 7.00. The Labute approximate surface area is 406 Å². The van der Waals surface area contributed by atoms with Crippen LogP contribution in [0, 0.1) is 6.92 Å². The predicted molar refractivity (Wildman–Crippen MR) is 288 cm³/mol. The van der Waals surface area contributed by atoms with Crippen LogP contribution in [-0.4, -0.2) is 6.71 Å². The standard InChI is InChI=1S/C63H81BN2O/c1-36-19-20-37(2)42-34-49-47(33-41(36)42)64-53-50(65(49)40-21-22-43-45(32-40)60(11,12)24-23-58(43,7)8)30-39(57(4,5)6)31-51(53)66(56-54(64)52-55(67-56)63(17,18)28-27-62(52,15)16)48-35-46-44(29-38(48)3)59(9,10)25-26-61(46,13)14/h21-22,29-37H,19-20,23-28H2,1-18H3. The number of nitrogens with zero attached hydrogens (tertiary/aromatic N) is 2. The van der Waals surface area contributed by atoms with Gasteiger partial charge in [-0.3, -0.25) is 4.90 Å². The van der Waals surface area contributed by atoms with E-state index in [1.54, 1.807) is 11.1 Å². The SMILES string of the molecule is Cc1cc2c(cc1N1c3cc(C(C)(C)C)cc4c3B(c3cc5c(cc3N4c3ccc4c(c3)C(C)(C)CCC4(C)C)C(C)CCC5C)c3c1oc1c3C(C)(C)CCC1(C)C)C(C)(C)CCC2(C)C. The molecule has 4 heteroatoms. The van der Waals surface area contributed by atoms with Gasteiger partial charge in [0.2, 0.25) is 0 Å². The fourth-order valence-corrected chi connectivity index (χ4v) is 14.2. The molecule has 67 heavy (non-hydrogen) atoms. The third-order valence-corrected chi connectivity index (χ3v) is 19.2. The first-order chi connectivity index (χ1) is 31.0. The topological polar surface area (TPSA) is 19.6 Å². The largest absolute Gasteiger partial charge is 0.444 e. The number of fused-ring (bicyclic) bond motifs is 9. The first-order valence-electron chi connectivity index (χ1n) is 26.5. The molecule has 2 unspecified atom stereocenters. The summed E-state index contributed by atoms with van der Waals surface area (Å²) in [6.07, 6.45) is 9.49. The van der Waals surface area contributed by atoms with Gasteiger partial charge >= 0.3 is 0 Å². The van der Waals surface area contributed by atoms with E-state index in [4.69, 9.17) is 4.42 Å². The average molecular weight is 893 g/mol. The summed E-state index contributed by atoms with van der Waals surface area (Å²) in [7, 11) is 0. The Morgan fingerprint density at radius 3 is 1.63 bits per heavy atom. The van der Waals surface area contributed by atoms with Gasteiger partial charge in [-0.25, -0.2) is 0 Å². The molecule has 4 aromatic carbocycles. The monoisotopic (exact) mass is 893 g/mol. The molecule has 2 aliphatic heterocycles. The molecule has 4 aliphatic carbocycles. The smallest absolute Gasteiger partial charge is 0.256 e. The van der Waals surface area contributed by atoms with Crippen molar-refractivity contribution in [2.24, 2.45) is 0 Å². The number of hydrogen-bond acceptors (Lipinski definition) is 3. The highest BCUT2D eigenvalue weighted by Gasteiger charge is 2.54. The highest BCUT2D eigenvalue weighted by atomic mass is 16.4. The zero-order valence-corrected chi connectivity index (χ0v) is 44.9. The van der Waals surface area contributed by atoms with Gasteiger partial charge in [0.1, 0.15) is 5.76 Å². The van der Waals surface area contributed by atoms with Crippen LogP contribution in [0.2, 0.25) is 0 Å². The van der Waals surface area contributed by atoms with Crippen molar-refractivity contribution < 1.29 is 4.42 Å². The van der Waals surface area contributed by atoms with E-state index in [1.165, 1.54) is 128 Å². The van der Waals surface area contributed by atoms with Gasteiger partial charge in [0.05, 0.1) is 5.69 Å². The van der Waals surface area contributed by atoms with Crippen LogP contribution < -0.4 is 26.2 Å². The maximum atomic E-state index is 7.81. The Hall–Kier alpha value is -4.18. The number of anilines is 6. The fourth-order valence-electron chi connectivity index (χ4n) is 14.2.